The second kappa shape index (κ2) is 10.3. The van der Waals surface area contributed by atoms with Crippen LogP contribution < -0.4 is 10.6 Å². The first-order valence-electron chi connectivity index (χ1n) is 13.0. The van der Waals surface area contributed by atoms with Gasteiger partial charge >= 0.3 is 0 Å². The van der Waals surface area contributed by atoms with Crippen molar-refractivity contribution in [3.63, 3.8) is 0 Å². The summed E-state index contributed by atoms with van der Waals surface area (Å²) in [5, 5.41) is 5.88. The van der Waals surface area contributed by atoms with Gasteiger partial charge in [0.25, 0.3) is 11.8 Å². The number of aromatic nitrogens is 2. The molecule has 0 saturated carbocycles. The van der Waals surface area contributed by atoms with Gasteiger partial charge < -0.3 is 10.6 Å². The van der Waals surface area contributed by atoms with E-state index in [0.29, 0.717) is 28.2 Å². The van der Waals surface area contributed by atoms with Crippen molar-refractivity contribution in [3.05, 3.63) is 107 Å². The number of hydrogen-bond acceptors (Lipinski definition) is 3. The molecule has 4 aromatic rings. The molecule has 7 heteroatoms. The van der Waals surface area contributed by atoms with Gasteiger partial charge in [0.1, 0.15) is 22.9 Å². The van der Waals surface area contributed by atoms with E-state index in [4.69, 9.17) is 0 Å². The first-order valence-corrected chi connectivity index (χ1v) is 13.0. The number of aryl methyl sites for hydroxylation is 1. The van der Waals surface area contributed by atoms with Crippen molar-refractivity contribution >= 4 is 17.5 Å². The Kier molecular flexibility index (Phi) is 6.91. The van der Waals surface area contributed by atoms with Crippen LogP contribution in [0.4, 0.5) is 4.39 Å². The molecule has 2 N–H and O–H groups in total. The number of carbonyl (C=O) groups is 2. The van der Waals surface area contributed by atoms with E-state index in [1.807, 2.05) is 63.4 Å². The minimum absolute atomic E-state index is 0.148. The van der Waals surface area contributed by atoms with Gasteiger partial charge in [0, 0.05) is 24.4 Å². The lowest BCUT2D eigenvalue weighted by molar-refractivity contribution is 0.0921. The summed E-state index contributed by atoms with van der Waals surface area (Å²) in [6, 6.07) is 15.3. The fourth-order valence-electron chi connectivity index (χ4n) is 4.98. The summed E-state index contributed by atoms with van der Waals surface area (Å²) < 4.78 is 15.3. The van der Waals surface area contributed by atoms with E-state index in [2.05, 4.69) is 27.8 Å². The van der Waals surface area contributed by atoms with Crippen LogP contribution in [-0.2, 0) is 0 Å². The number of hydrogen-bond donors (Lipinski definition) is 2. The molecule has 198 valence electrons. The number of imidazole rings is 1. The molecule has 0 fully saturated rings. The van der Waals surface area contributed by atoms with Gasteiger partial charge in [-0.15, -0.1) is 0 Å². The largest absolute Gasteiger partial charge is 0.354 e. The second-order valence-electron chi connectivity index (χ2n) is 10.3. The molecule has 0 aliphatic heterocycles. The molecule has 2 heterocycles. The number of amides is 2. The molecule has 6 nitrogen and oxygen atoms in total. The average Bonchev–Trinajstić information content (AvgIpc) is 3.32. The van der Waals surface area contributed by atoms with Crippen LogP contribution in [0.15, 0.2) is 84.6 Å². The van der Waals surface area contributed by atoms with E-state index in [1.54, 1.807) is 23.6 Å². The highest BCUT2D eigenvalue weighted by Gasteiger charge is 2.26. The lowest BCUT2D eigenvalue weighted by atomic mass is 9.87. The Bertz CT molecular complexity index is 1640. The minimum Gasteiger partial charge on any atom is -0.354 e. The van der Waals surface area contributed by atoms with Crippen LogP contribution in [0.2, 0.25) is 0 Å². The fraction of sp³-hybridized carbons (Fsp3) is 0.219. The molecule has 1 aliphatic rings. The number of rotatable bonds is 6. The molecule has 0 unspecified atom stereocenters. The zero-order chi connectivity index (χ0) is 27.7. The van der Waals surface area contributed by atoms with E-state index in [0.717, 1.165) is 29.5 Å². The third kappa shape index (κ3) is 5.12. The van der Waals surface area contributed by atoms with Gasteiger partial charge in [-0.3, -0.25) is 14.0 Å². The maximum atomic E-state index is 13.5. The van der Waals surface area contributed by atoms with Gasteiger partial charge in [-0.2, -0.15) is 0 Å². The van der Waals surface area contributed by atoms with Crippen LogP contribution in [-0.4, -0.2) is 33.8 Å². The third-order valence-corrected chi connectivity index (χ3v) is 7.23. The number of carbonyl (C=O) groups excluding carboxylic acids is 2. The Hall–Kier alpha value is -4.52. The Morgan fingerprint density at radius 3 is 2.44 bits per heavy atom. The maximum absolute atomic E-state index is 13.5. The third-order valence-electron chi connectivity index (χ3n) is 7.23. The number of nitrogens with one attached hydrogen (secondary N) is 2. The van der Waals surface area contributed by atoms with Gasteiger partial charge in [-0.1, -0.05) is 24.3 Å². The summed E-state index contributed by atoms with van der Waals surface area (Å²) in [6.45, 7) is 6.04. The number of pyridine rings is 1. The van der Waals surface area contributed by atoms with E-state index in [-0.39, 0.29) is 17.6 Å². The summed E-state index contributed by atoms with van der Waals surface area (Å²) in [4.78, 5) is 31.0. The number of fused-ring (bicyclic) bond motifs is 1. The van der Waals surface area contributed by atoms with Crippen LogP contribution in [0.3, 0.4) is 0 Å². The zero-order valence-corrected chi connectivity index (χ0v) is 22.5. The Labute approximate surface area is 227 Å². The average molecular weight is 523 g/mol. The summed E-state index contributed by atoms with van der Waals surface area (Å²) in [5.41, 5.74) is 6.02. The summed E-state index contributed by atoms with van der Waals surface area (Å²) in [7, 11) is 1.56. The molecule has 2 aromatic carbocycles. The number of benzene rings is 2. The topological polar surface area (TPSA) is 75.5 Å². The molecular formula is C32H31FN4O2. The molecule has 0 spiro atoms. The number of nitrogens with zero attached hydrogens (tertiary/aromatic N) is 2. The predicted molar refractivity (Wildman–Crippen MR) is 152 cm³/mol. The molecule has 0 bridgehead atoms. The van der Waals surface area contributed by atoms with Crippen molar-refractivity contribution in [2.45, 2.75) is 39.2 Å². The maximum Gasteiger partial charge on any atom is 0.270 e. The van der Waals surface area contributed by atoms with Gasteiger partial charge in [0.15, 0.2) is 0 Å². The summed E-state index contributed by atoms with van der Waals surface area (Å²) in [5.74, 6) is -0.815. The predicted octanol–water partition coefficient (Wildman–Crippen LogP) is 6.26. The lowest BCUT2D eigenvalue weighted by Crippen LogP contribution is -2.45. The minimum atomic E-state index is -0.470. The molecule has 5 rings (SSSR count). The lowest BCUT2D eigenvalue weighted by Gasteiger charge is -2.30. The van der Waals surface area contributed by atoms with Crippen molar-refractivity contribution in [3.8, 4) is 22.4 Å². The normalized spacial score (nSPS) is 13.3. The monoisotopic (exact) mass is 522 g/mol. The second-order valence-corrected chi connectivity index (χ2v) is 10.3. The number of allylic oxidation sites excluding steroid dienone is 3. The zero-order valence-electron chi connectivity index (χ0n) is 22.5. The molecule has 1 aliphatic carbocycles. The van der Waals surface area contributed by atoms with E-state index < -0.39 is 5.54 Å². The highest BCUT2D eigenvalue weighted by Crippen LogP contribution is 2.30. The first-order chi connectivity index (χ1) is 18.7. The standard InChI is InChI=1S/C32H31FN4O2/c1-20-10-11-22(30(38)36-32(2,3)24-8-6-5-7-9-24)18-26(20)23-14-17-27-35-28(21-12-15-25(33)16-13-21)29(31(39)34-4)37(27)19-23/h5-6,8,10-19H,7,9H2,1-4H3,(H,34,39)(H,36,38). The van der Waals surface area contributed by atoms with Crippen molar-refractivity contribution in [1.82, 2.24) is 20.0 Å². The Morgan fingerprint density at radius 2 is 1.74 bits per heavy atom. The van der Waals surface area contributed by atoms with Crippen LogP contribution in [0, 0.1) is 12.7 Å². The van der Waals surface area contributed by atoms with Crippen LogP contribution in [0.1, 0.15) is 53.1 Å². The Morgan fingerprint density at radius 1 is 1.00 bits per heavy atom. The van der Waals surface area contributed by atoms with Crippen LogP contribution in [0.5, 0.6) is 0 Å². The fourth-order valence-corrected chi connectivity index (χ4v) is 4.98. The van der Waals surface area contributed by atoms with Crippen molar-refractivity contribution < 1.29 is 14.0 Å². The van der Waals surface area contributed by atoms with Gasteiger partial charge in [0.05, 0.1) is 5.54 Å². The van der Waals surface area contributed by atoms with E-state index in [1.165, 1.54) is 17.7 Å². The summed E-state index contributed by atoms with van der Waals surface area (Å²) in [6.07, 6.45) is 9.99. The molecule has 0 saturated heterocycles. The van der Waals surface area contributed by atoms with Gasteiger partial charge in [-0.25, -0.2) is 9.37 Å². The molecular weight excluding hydrogens is 491 g/mol. The van der Waals surface area contributed by atoms with E-state index >= 15 is 0 Å². The molecule has 2 amide bonds. The summed E-state index contributed by atoms with van der Waals surface area (Å²) >= 11 is 0. The molecule has 39 heavy (non-hydrogen) atoms. The van der Waals surface area contributed by atoms with Crippen LogP contribution >= 0.6 is 0 Å². The van der Waals surface area contributed by atoms with Crippen LogP contribution in [0.25, 0.3) is 28.0 Å². The quantitative estimate of drug-likeness (QED) is 0.314. The number of halogens is 1. The van der Waals surface area contributed by atoms with Crippen molar-refractivity contribution in [2.24, 2.45) is 0 Å². The van der Waals surface area contributed by atoms with E-state index in [9.17, 15) is 14.0 Å². The van der Waals surface area contributed by atoms with Crippen molar-refractivity contribution in [1.29, 1.82) is 0 Å². The highest BCUT2D eigenvalue weighted by atomic mass is 19.1. The molecule has 2 aromatic heterocycles. The highest BCUT2D eigenvalue weighted by molar-refractivity contribution is 6.00. The van der Waals surface area contributed by atoms with Gasteiger partial charge in [-0.05, 0) is 104 Å². The molecule has 0 radical (unpaired) electrons. The van der Waals surface area contributed by atoms with Crippen molar-refractivity contribution in [2.75, 3.05) is 7.05 Å². The van der Waals surface area contributed by atoms with Gasteiger partial charge in [0.2, 0.25) is 0 Å². The molecule has 0 atom stereocenters. The first kappa shape index (κ1) is 26.1. The SMILES string of the molecule is CNC(=O)c1c(-c2ccc(F)cc2)nc2ccc(-c3cc(C(=O)NC(C)(C)C4=CC=CCC4)ccc3C)cn12. The Balaban J connectivity index is 1.54. The smallest absolute Gasteiger partial charge is 0.270 e.